The Balaban J connectivity index is 2.66. The molecule has 0 fully saturated rings. The first-order chi connectivity index (χ1) is 5.88. The summed E-state index contributed by atoms with van der Waals surface area (Å²) in [5, 5.41) is 11.5. The van der Waals surface area contributed by atoms with Gasteiger partial charge >= 0.3 is 0 Å². The first-order valence-corrected chi connectivity index (χ1v) is 3.88. The Labute approximate surface area is 71.9 Å². The first kappa shape index (κ1) is 9.19. The standard InChI is InChI=1S/C9H13NO2/c1-10-7-9(12-11)8-5-3-2-4-6-8/h2-6,9-11H,7H2,1H3. The van der Waals surface area contributed by atoms with Gasteiger partial charge in [-0.2, -0.15) is 0 Å². The summed E-state index contributed by atoms with van der Waals surface area (Å²) in [4.78, 5) is 4.31. The van der Waals surface area contributed by atoms with Crippen LogP contribution < -0.4 is 5.32 Å². The highest BCUT2D eigenvalue weighted by Crippen LogP contribution is 2.14. The predicted molar refractivity (Wildman–Crippen MR) is 46.8 cm³/mol. The number of nitrogens with one attached hydrogen (secondary N) is 1. The van der Waals surface area contributed by atoms with E-state index in [1.54, 1.807) is 0 Å². The van der Waals surface area contributed by atoms with E-state index < -0.39 is 0 Å². The van der Waals surface area contributed by atoms with Crippen LogP contribution in [0, 0.1) is 0 Å². The molecule has 0 saturated carbocycles. The molecule has 12 heavy (non-hydrogen) atoms. The quantitative estimate of drug-likeness (QED) is 0.526. The van der Waals surface area contributed by atoms with Crippen LogP contribution >= 0.6 is 0 Å². The third-order valence-electron chi connectivity index (χ3n) is 1.69. The lowest BCUT2D eigenvalue weighted by Crippen LogP contribution is -2.18. The maximum absolute atomic E-state index is 8.57. The summed E-state index contributed by atoms with van der Waals surface area (Å²) < 4.78 is 0. The molecule has 0 spiro atoms. The molecule has 1 unspecified atom stereocenters. The fourth-order valence-corrected chi connectivity index (χ4v) is 1.07. The van der Waals surface area contributed by atoms with E-state index in [-0.39, 0.29) is 6.10 Å². The molecule has 1 rings (SSSR count). The van der Waals surface area contributed by atoms with Crippen LogP contribution in [0.3, 0.4) is 0 Å². The van der Waals surface area contributed by atoms with Crippen LogP contribution in [0.4, 0.5) is 0 Å². The molecule has 0 amide bonds. The van der Waals surface area contributed by atoms with Gasteiger partial charge in [-0.05, 0) is 12.6 Å². The Hall–Kier alpha value is -0.900. The molecule has 66 valence electrons. The highest BCUT2D eigenvalue weighted by molar-refractivity contribution is 5.17. The molecule has 0 aromatic heterocycles. The van der Waals surface area contributed by atoms with Crippen molar-refractivity contribution in [3.63, 3.8) is 0 Å². The average molecular weight is 167 g/mol. The molecular weight excluding hydrogens is 154 g/mol. The van der Waals surface area contributed by atoms with Crippen LogP contribution in [-0.4, -0.2) is 18.8 Å². The summed E-state index contributed by atoms with van der Waals surface area (Å²) in [5.74, 6) is 0. The Bertz CT molecular complexity index is 213. The molecule has 0 aliphatic rings. The normalized spacial score (nSPS) is 12.8. The fourth-order valence-electron chi connectivity index (χ4n) is 1.07. The zero-order valence-corrected chi connectivity index (χ0v) is 7.03. The van der Waals surface area contributed by atoms with E-state index in [4.69, 9.17) is 5.26 Å². The summed E-state index contributed by atoms with van der Waals surface area (Å²) in [6, 6.07) is 9.59. The van der Waals surface area contributed by atoms with Crippen LogP contribution in [0.15, 0.2) is 30.3 Å². The van der Waals surface area contributed by atoms with E-state index in [1.807, 2.05) is 37.4 Å². The van der Waals surface area contributed by atoms with Crippen molar-refractivity contribution >= 4 is 0 Å². The minimum atomic E-state index is -0.281. The Morgan fingerprint density at radius 1 is 1.42 bits per heavy atom. The fraction of sp³-hybridized carbons (Fsp3) is 0.333. The molecule has 0 saturated heterocycles. The Morgan fingerprint density at radius 2 is 2.08 bits per heavy atom. The Kier molecular flexibility index (Phi) is 3.73. The van der Waals surface area contributed by atoms with E-state index in [9.17, 15) is 0 Å². The van der Waals surface area contributed by atoms with Gasteiger partial charge in [0.05, 0.1) is 0 Å². The second kappa shape index (κ2) is 4.87. The zero-order chi connectivity index (χ0) is 8.81. The van der Waals surface area contributed by atoms with Gasteiger partial charge in [0.25, 0.3) is 0 Å². The lowest BCUT2D eigenvalue weighted by molar-refractivity contribution is -0.280. The van der Waals surface area contributed by atoms with E-state index in [1.165, 1.54) is 0 Å². The van der Waals surface area contributed by atoms with Gasteiger partial charge in [-0.1, -0.05) is 30.3 Å². The smallest absolute Gasteiger partial charge is 0.130 e. The van der Waals surface area contributed by atoms with Gasteiger partial charge in [0.2, 0.25) is 0 Å². The van der Waals surface area contributed by atoms with Gasteiger partial charge in [-0.3, -0.25) is 5.26 Å². The summed E-state index contributed by atoms with van der Waals surface area (Å²) in [5.41, 5.74) is 0.967. The zero-order valence-electron chi connectivity index (χ0n) is 7.03. The van der Waals surface area contributed by atoms with Crippen LogP contribution in [-0.2, 0) is 4.89 Å². The van der Waals surface area contributed by atoms with Crippen molar-refractivity contribution in [1.82, 2.24) is 5.32 Å². The summed E-state index contributed by atoms with van der Waals surface area (Å²) in [6.07, 6.45) is -0.281. The van der Waals surface area contributed by atoms with E-state index in [0.29, 0.717) is 6.54 Å². The second-order valence-corrected chi connectivity index (χ2v) is 2.56. The molecule has 0 bridgehead atoms. The topological polar surface area (TPSA) is 41.5 Å². The van der Waals surface area contributed by atoms with Crippen molar-refractivity contribution in [2.45, 2.75) is 6.10 Å². The van der Waals surface area contributed by atoms with Crippen LogP contribution in [0.2, 0.25) is 0 Å². The number of likely N-dealkylation sites (N-methyl/N-ethyl adjacent to an activating group) is 1. The van der Waals surface area contributed by atoms with Crippen molar-refractivity contribution < 1.29 is 10.1 Å². The van der Waals surface area contributed by atoms with Crippen molar-refractivity contribution in [2.24, 2.45) is 0 Å². The molecule has 2 N–H and O–H groups in total. The molecule has 1 aromatic carbocycles. The Morgan fingerprint density at radius 3 is 2.58 bits per heavy atom. The maximum atomic E-state index is 8.57. The summed E-state index contributed by atoms with van der Waals surface area (Å²) in [6.45, 7) is 0.598. The molecule has 0 aliphatic heterocycles. The van der Waals surface area contributed by atoms with E-state index in [0.717, 1.165) is 5.56 Å². The third-order valence-corrected chi connectivity index (χ3v) is 1.69. The number of rotatable bonds is 4. The molecule has 3 heteroatoms. The SMILES string of the molecule is CNCC(OO)c1ccccc1. The van der Waals surface area contributed by atoms with Crippen LogP contribution in [0.25, 0.3) is 0 Å². The van der Waals surface area contributed by atoms with Crippen molar-refractivity contribution in [3.8, 4) is 0 Å². The molecule has 0 aliphatic carbocycles. The van der Waals surface area contributed by atoms with Crippen molar-refractivity contribution in [2.75, 3.05) is 13.6 Å². The van der Waals surface area contributed by atoms with Crippen molar-refractivity contribution in [3.05, 3.63) is 35.9 Å². The van der Waals surface area contributed by atoms with E-state index >= 15 is 0 Å². The molecule has 3 nitrogen and oxygen atoms in total. The van der Waals surface area contributed by atoms with Gasteiger partial charge in [0.15, 0.2) is 0 Å². The molecule has 1 atom stereocenters. The molecule has 0 radical (unpaired) electrons. The minimum absolute atomic E-state index is 0.281. The van der Waals surface area contributed by atoms with Crippen LogP contribution in [0.1, 0.15) is 11.7 Å². The van der Waals surface area contributed by atoms with E-state index in [2.05, 4.69) is 10.2 Å². The minimum Gasteiger partial charge on any atom is -0.317 e. The highest BCUT2D eigenvalue weighted by Gasteiger charge is 2.09. The monoisotopic (exact) mass is 167 g/mol. The van der Waals surface area contributed by atoms with Gasteiger partial charge in [-0.15, -0.1) is 0 Å². The molecular formula is C9H13NO2. The van der Waals surface area contributed by atoms with Crippen LogP contribution in [0.5, 0.6) is 0 Å². The number of hydrogen-bond donors (Lipinski definition) is 2. The summed E-state index contributed by atoms with van der Waals surface area (Å²) >= 11 is 0. The lowest BCUT2D eigenvalue weighted by Gasteiger charge is -2.12. The van der Waals surface area contributed by atoms with Gasteiger partial charge in [0, 0.05) is 6.54 Å². The predicted octanol–water partition coefficient (Wildman–Crippen LogP) is 1.44. The average Bonchev–Trinajstić information content (AvgIpc) is 2.15. The number of benzene rings is 1. The largest absolute Gasteiger partial charge is 0.317 e. The second-order valence-electron chi connectivity index (χ2n) is 2.56. The maximum Gasteiger partial charge on any atom is 0.130 e. The molecule has 1 aromatic rings. The van der Waals surface area contributed by atoms with Gasteiger partial charge in [-0.25, -0.2) is 4.89 Å². The summed E-state index contributed by atoms with van der Waals surface area (Å²) in [7, 11) is 1.81. The lowest BCUT2D eigenvalue weighted by atomic mass is 10.1. The van der Waals surface area contributed by atoms with Gasteiger partial charge in [0.1, 0.15) is 6.10 Å². The highest BCUT2D eigenvalue weighted by atomic mass is 17.1. The van der Waals surface area contributed by atoms with Gasteiger partial charge < -0.3 is 5.32 Å². The molecule has 0 heterocycles. The first-order valence-electron chi connectivity index (χ1n) is 3.88. The van der Waals surface area contributed by atoms with Crippen molar-refractivity contribution in [1.29, 1.82) is 0 Å². The number of hydrogen-bond acceptors (Lipinski definition) is 3. The third kappa shape index (κ3) is 2.30.